The number of likely N-dealkylation sites (tertiary alicyclic amines) is 1. The minimum atomic E-state index is -3.57. The van der Waals surface area contributed by atoms with Gasteiger partial charge in [-0.05, 0) is 48.8 Å². The minimum absolute atomic E-state index is 0.0164. The third-order valence-electron chi connectivity index (χ3n) is 6.16. The highest BCUT2D eigenvalue weighted by Gasteiger charge is 2.33. The smallest absolute Gasteiger partial charge is 0.243 e. The van der Waals surface area contributed by atoms with Crippen molar-refractivity contribution in [2.45, 2.75) is 17.7 Å². The number of carbonyl (C=O) groups excluding carboxylic acids is 1. The van der Waals surface area contributed by atoms with Crippen molar-refractivity contribution in [3.8, 4) is 12.3 Å². The summed E-state index contributed by atoms with van der Waals surface area (Å²) in [5, 5.41) is 1.92. The minimum Gasteiger partial charge on any atom is -0.340 e. The van der Waals surface area contributed by atoms with Gasteiger partial charge >= 0.3 is 0 Å². The van der Waals surface area contributed by atoms with E-state index in [-0.39, 0.29) is 11.8 Å². The van der Waals surface area contributed by atoms with Crippen LogP contribution >= 0.6 is 0 Å². The van der Waals surface area contributed by atoms with Crippen LogP contribution in [0.2, 0.25) is 0 Å². The Bertz CT molecular complexity index is 1060. The normalized spacial score (nSPS) is 19.6. The van der Waals surface area contributed by atoms with Gasteiger partial charge in [0.05, 0.1) is 11.4 Å². The van der Waals surface area contributed by atoms with Crippen molar-refractivity contribution in [1.82, 2.24) is 14.1 Å². The fourth-order valence-corrected chi connectivity index (χ4v) is 5.81. The summed E-state index contributed by atoms with van der Waals surface area (Å²) in [6.07, 6.45) is 7.00. The summed E-state index contributed by atoms with van der Waals surface area (Å²) in [4.78, 5) is 17.2. The molecule has 6 nitrogen and oxygen atoms in total. The van der Waals surface area contributed by atoms with E-state index in [2.05, 4.69) is 10.8 Å². The topological polar surface area (TPSA) is 60.9 Å². The molecule has 2 aliphatic rings. The zero-order valence-electron chi connectivity index (χ0n) is 17.0. The summed E-state index contributed by atoms with van der Waals surface area (Å²) in [5.74, 6) is 2.82. The monoisotopic (exact) mass is 425 g/mol. The van der Waals surface area contributed by atoms with Crippen LogP contribution in [0.15, 0.2) is 47.4 Å². The van der Waals surface area contributed by atoms with Gasteiger partial charge in [-0.1, -0.05) is 36.3 Å². The number of piperazine rings is 1. The van der Waals surface area contributed by atoms with Crippen molar-refractivity contribution >= 4 is 26.7 Å². The van der Waals surface area contributed by atoms with Gasteiger partial charge in [-0.25, -0.2) is 8.42 Å². The Labute approximate surface area is 178 Å². The lowest BCUT2D eigenvalue weighted by Gasteiger charge is -2.37. The van der Waals surface area contributed by atoms with Crippen molar-refractivity contribution in [2.75, 3.05) is 45.8 Å². The Morgan fingerprint density at radius 3 is 2.30 bits per heavy atom. The van der Waals surface area contributed by atoms with E-state index in [0.29, 0.717) is 37.6 Å². The second kappa shape index (κ2) is 8.76. The molecule has 7 heteroatoms. The Morgan fingerprint density at radius 1 is 0.967 bits per heavy atom. The zero-order valence-corrected chi connectivity index (χ0v) is 17.9. The van der Waals surface area contributed by atoms with Crippen molar-refractivity contribution in [2.24, 2.45) is 5.92 Å². The van der Waals surface area contributed by atoms with Crippen LogP contribution in [0.1, 0.15) is 12.8 Å². The standard InChI is InChI=1S/C23H27N3O3S/c1-2-11-24-12-9-20(10-13-24)23(27)25-14-16-26(17-15-25)30(28,29)22-8-7-19-5-3-4-6-21(19)18-22/h1,3-8,18,20H,9-17H2. The van der Waals surface area contributed by atoms with E-state index in [1.54, 1.807) is 12.1 Å². The molecule has 0 radical (unpaired) electrons. The lowest BCUT2D eigenvalue weighted by molar-refractivity contribution is -0.138. The van der Waals surface area contributed by atoms with Crippen LogP contribution in [-0.2, 0) is 14.8 Å². The third-order valence-corrected chi connectivity index (χ3v) is 8.06. The van der Waals surface area contributed by atoms with Gasteiger partial charge in [0.15, 0.2) is 0 Å². The predicted octanol–water partition coefficient (Wildman–Crippen LogP) is 2.02. The van der Waals surface area contributed by atoms with Crippen LogP contribution in [0.4, 0.5) is 0 Å². The van der Waals surface area contributed by atoms with E-state index in [1.807, 2.05) is 35.2 Å². The molecular formula is C23H27N3O3S. The molecule has 0 bridgehead atoms. The number of fused-ring (bicyclic) bond motifs is 1. The Morgan fingerprint density at radius 2 is 1.63 bits per heavy atom. The van der Waals surface area contributed by atoms with E-state index in [0.717, 1.165) is 36.7 Å². The lowest BCUT2D eigenvalue weighted by atomic mass is 9.95. The number of piperidine rings is 1. The number of hydrogen-bond acceptors (Lipinski definition) is 4. The SMILES string of the molecule is C#CCN1CCC(C(=O)N2CCN(S(=O)(=O)c3ccc4ccccc4c3)CC2)CC1. The van der Waals surface area contributed by atoms with Gasteiger partial charge in [0.2, 0.25) is 15.9 Å². The van der Waals surface area contributed by atoms with Crippen LogP contribution in [0.25, 0.3) is 10.8 Å². The highest BCUT2D eigenvalue weighted by atomic mass is 32.2. The first-order valence-electron chi connectivity index (χ1n) is 10.4. The maximum atomic E-state index is 13.1. The average Bonchev–Trinajstić information content (AvgIpc) is 2.79. The molecule has 2 aliphatic heterocycles. The Balaban J connectivity index is 1.37. The second-order valence-corrected chi connectivity index (χ2v) is 9.93. The molecule has 0 unspecified atom stereocenters. The first kappa shape index (κ1) is 20.9. The van der Waals surface area contributed by atoms with Crippen molar-refractivity contribution in [3.63, 3.8) is 0 Å². The van der Waals surface area contributed by atoms with Gasteiger partial charge in [-0.15, -0.1) is 6.42 Å². The fraction of sp³-hybridized carbons (Fsp3) is 0.435. The molecule has 2 fully saturated rings. The average molecular weight is 426 g/mol. The first-order valence-corrected chi connectivity index (χ1v) is 11.9. The van der Waals surface area contributed by atoms with E-state index < -0.39 is 10.0 Å². The predicted molar refractivity (Wildman–Crippen MR) is 117 cm³/mol. The number of amides is 1. The van der Waals surface area contributed by atoms with Crippen LogP contribution in [0, 0.1) is 18.3 Å². The lowest BCUT2D eigenvalue weighted by Crippen LogP contribution is -2.52. The van der Waals surface area contributed by atoms with E-state index in [4.69, 9.17) is 6.42 Å². The fourth-order valence-electron chi connectivity index (χ4n) is 4.35. The summed E-state index contributed by atoms with van der Waals surface area (Å²) in [7, 11) is -3.57. The summed E-state index contributed by atoms with van der Waals surface area (Å²) in [6, 6.07) is 13.0. The van der Waals surface area contributed by atoms with E-state index >= 15 is 0 Å². The van der Waals surface area contributed by atoms with Gasteiger partial charge in [0.1, 0.15) is 0 Å². The third kappa shape index (κ3) is 4.22. The summed E-state index contributed by atoms with van der Waals surface area (Å²) in [5.41, 5.74) is 0. The van der Waals surface area contributed by atoms with Gasteiger partial charge in [0.25, 0.3) is 0 Å². The van der Waals surface area contributed by atoms with Crippen LogP contribution < -0.4 is 0 Å². The molecule has 30 heavy (non-hydrogen) atoms. The van der Waals surface area contributed by atoms with Gasteiger partial charge < -0.3 is 4.90 Å². The van der Waals surface area contributed by atoms with Gasteiger partial charge in [-0.3, -0.25) is 9.69 Å². The van der Waals surface area contributed by atoms with Crippen molar-refractivity contribution in [3.05, 3.63) is 42.5 Å². The number of benzene rings is 2. The summed E-state index contributed by atoms with van der Waals surface area (Å²) >= 11 is 0. The number of rotatable bonds is 4. The maximum Gasteiger partial charge on any atom is 0.243 e. The molecular weight excluding hydrogens is 398 g/mol. The van der Waals surface area contributed by atoms with Gasteiger partial charge in [0, 0.05) is 32.1 Å². The summed E-state index contributed by atoms with van der Waals surface area (Å²) < 4.78 is 27.7. The van der Waals surface area contributed by atoms with Crippen LogP contribution in [-0.4, -0.2) is 74.2 Å². The van der Waals surface area contributed by atoms with E-state index in [1.165, 1.54) is 4.31 Å². The zero-order chi connectivity index (χ0) is 21.1. The maximum absolute atomic E-state index is 13.1. The Hall–Kier alpha value is -2.40. The molecule has 2 aromatic rings. The second-order valence-electron chi connectivity index (χ2n) is 7.99. The molecule has 0 spiro atoms. The number of nitrogens with zero attached hydrogens (tertiary/aromatic N) is 3. The highest BCUT2D eigenvalue weighted by molar-refractivity contribution is 7.89. The van der Waals surface area contributed by atoms with E-state index in [9.17, 15) is 13.2 Å². The van der Waals surface area contributed by atoms with Crippen LogP contribution in [0.5, 0.6) is 0 Å². The molecule has 158 valence electrons. The molecule has 1 amide bonds. The molecule has 0 saturated carbocycles. The molecule has 0 aliphatic carbocycles. The van der Waals surface area contributed by atoms with Crippen LogP contribution in [0.3, 0.4) is 0 Å². The molecule has 2 heterocycles. The molecule has 0 atom stereocenters. The molecule has 2 saturated heterocycles. The number of terminal acetylenes is 1. The van der Waals surface area contributed by atoms with Crippen molar-refractivity contribution in [1.29, 1.82) is 0 Å². The summed E-state index contributed by atoms with van der Waals surface area (Å²) in [6.45, 7) is 3.86. The number of sulfonamides is 1. The molecule has 0 aromatic heterocycles. The quantitative estimate of drug-likeness (QED) is 0.704. The van der Waals surface area contributed by atoms with Crippen molar-refractivity contribution < 1.29 is 13.2 Å². The number of hydrogen-bond donors (Lipinski definition) is 0. The van der Waals surface area contributed by atoms with Gasteiger partial charge in [-0.2, -0.15) is 4.31 Å². The Kier molecular flexibility index (Phi) is 6.09. The highest BCUT2D eigenvalue weighted by Crippen LogP contribution is 2.24. The molecule has 4 rings (SSSR count). The number of carbonyl (C=O) groups is 1. The largest absolute Gasteiger partial charge is 0.340 e. The molecule has 2 aromatic carbocycles. The molecule has 0 N–H and O–H groups in total. The first-order chi connectivity index (χ1) is 14.5.